The second-order valence-electron chi connectivity index (χ2n) is 8.00. The number of ether oxygens (including phenoxy) is 2. The minimum atomic E-state index is -0.899. The van der Waals surface area contributed by atoms with Crippen molar-refractivity contribution in [2.24, 2.45) is 0 Å². The molecular weight excluding hydrogens is 467 g/mol. The third-order valence-corrected chi connectivity index (χ3v) is 5.36. The topological polar surface area (TPSA) is 111 Å². The Bertz CT molecular complexity index is 1370. The lowest BCUT2D eigenvalue weighted by atomic mass is 10.1. The van der Waals surface area contributed by atoms with E-state index >= 15 is 0 Å². The van der Waals surface area contributed by atoms with Gasteiger partial charge in [-0.15, -0.1) is 0 Å². The van der Waals surface area contributed by atoms with Gasteiger partial charge in [0.05, 0.1) is 6.42 Å². The van der Waals surface area contributed by atoms with Gasteiger partial charge in [0.2, 0.25) is 0 Å². The van der Waals surface area contributed by atoms with Crippen LogP contribution < -0.4 is 10.1 Å². The lowest BCUT2D eigenvalue weighted by Crippen LogP contribution is -2.17. The van der Waals surface area contributed by atoms with Crippen LogP contribution in [0.15, 0.2) is 77.3 Å². The fourth-order valence-electron chi connectivity index (χ4n) is 3.54. The Morgan fingerprint density at radius 1 is 1.03 bits per heavy atom. The van der Waals surface area contributed by atoms with Gasteiger partial charge in [-0.2, -0.15) is 0 Å². The number of amides is 1. The van der Waals surface area contributed by atoms with Gasteiger partial charge in [-0.25, -0.2) is 9.18 Å². The van der Waals surface area contributed by atoms with Crippen LogP contribution in [0, 0.1) is 12.7 Å². The van der Waals surface area contributed by atoms with Gasteiger partial charge < -0.3 is 19.1 Å². The van der Waals surface area contributed by atoms with E-state index in [9.17, 15) is 14.0 Å². The Balaban J connectivity index is 1.43. The smallest absolute Gasteiger partial charge is 0.412 e. The molecule has 2 N–H and O–H groups in total. The molecule has 0 unspecified atom stereocenters. The molecule has 0 aliphatic carbocycles. The first kappa shape index (κ1) is 24.5. The molecule has 0 saturated heterocycles. The zero-order valence-corrected chi connectivity index (χ0v) is 19.5. The molecule has 1 amide bonds. The van der Waals surface area contributed by atoms with Crippen molar-refractivity contribution in [1.29, 1.82) is 0 Å². The Morgan fingerprint density at radius 2 is 1.67 bits per heavy atom. The van der Waals surface area contributed by atoms with Crippen molar-refractivity contribution >= 4 is 17.7 Å². The minimum Gasteiger partial charge on any atom is -0.481 e. The van der Waals surface area contributed by atoms with Crippen LogP contribution in [0.5, 0.6) is 11.5 Å². The lowest BCUT2D eigenvalue weighted by molar-refractivity contribution is -0.136. The number of carbonyl (C=O) groups is 2. The van der Waals surface area contributed by atoms with Gasteiger partial charge in [0.1, 0.15) is 34.8 Å². The minimum absolute atomic E-state index is 0.0575. The van der Waals surface area contributed by atoms with Crippen LogP contribution in [0.3, 0.4) is 0 Å². The summed E-state index contributed by atoms with van der Waals surface area (Å²) in [5, 5.41) is 15.6. The molecule has 1 heterocycles. The number of carboxylic acids is 1. The number of carbonyl (C=O) groups excluding carboxylic acids is 1. The quantitative estimate of drug-likeness (QED) is 0.289. The van der Waals surface area contributed by atoms with Crippen molar-refractivity contribution in [3.05, 3.63) is 95.5 Å². The largest absolute Gasteiger partial charge is 0.481 e. The Labute approximate surface area is 206 Å². The third kappa shape index (κ3) is 5.87. The molecule has 0 radical (unpaired) electrons. The summed E-state index contributed by atoms with van der Waals surface area (Å²) in [6, 6.07) is 19.8. The molecule has 4 rings (SSSR count). The van der Waals surface area contributed by atoms with E-state index in [1.54, 1.807) is 80.6 Å². The van der Waals surface area contributed by atoms with Gasteiger partial charge in [0.15, 0.2) is 5.76 Å². The number of hydrogen-bond acceptors (Lipinski definition) is 6. The first-order valence-electron chi connectivity index (χ1n) is 11.1. The Kier molecular flexibility index (Phi) is 7.29. The molecule has 0 aliphatic rings. The number of nitrogens with one attached hydrogen (secondary N) is 1. The number of rotatable bonds is 8. The fourth-order valence-corrected chi connectivity index (χ4v) is 3.54. The van der Waals surface area contributed by atoms with Crippen LogP contribution in [0.2, 0.25) is 0 Å². The maximum Gasteiger partial charge on any atom is 0.412 e. The fraction of sp³-hybridized carbons (Fsp3) is 0.148. The molecule has 184 valence electrons. The van der Waals surface area contributed by atoms with E-state index in [-0.39, 0.29) is 12.0 Å². The Morgan fingerprint density at radius 3 is 2.31 bits per heavy atom. The monoisotopic (exact) mass is 490 g/mol. The van der Waals surface area contributed by atoms with E-state index < -0.39 is 24.0 Å². The van der Waals surface area contributed by atoms with Gasteiger partial charge in [-0.05, 0) is 61.9 Å². The number of anilines is 1. The number of hydrogen-bond donors (Lipinski definition) is 2. The van der Waals surface area contributed by atoms with Crippen molar-refractivity contribution in [1.82, 2.24) is 5.16 Å². The molecule has 1 aromatic heterocycles. The summed E-state index contributed by atoms with van der Waals surface area (Å²) >= 11 is 0. The van der Waals surface area contributed by atoms with E-state index in [1.807, 2.05) is 0 Å². The first-order valence-corrected chi connectivity index (χ1v) is 11.1. The average molecular weight is 490 g/mol. The van der Waals surface area contributed by atoms with Crippen molar-refractivity contribution < 1.29 is 33.1 Å². The summed E-state index contributed by atoms with van der Waals surface area (Å²) < 4.78 is 30.4. The van der Waals surface area contributed by atoms with Crippen LogP contribution in [0.1, 0.15) is 29.9 Å². The maximum absolute atomic E-state index is 14.0. The summed E-state index contributed by atoms with van der Waals surface area (Å²) in [5.74, 6) is 0.130. The number of halogens is 1. The van der Waals surface area contributed by atoms with E-state index in [1.165, 1.54) is 6.07 Å². The molecule has 0 saturated carbocycles. The number of aryl methyl sites for hydroxylation is 1. The van der Waals surface area contributed by atoms with Crippen molar-refractivity contribution in [3.63, 3.8) is 0 Å². The molecule has 0 aliphatic heterocycles. The molecule has 0 bridgehead atoms. The summed E-state index contributed by atoms with van der Waals surface area (Å²) in [6.45, 7) is 3.23. The second-order valence-corrected chi connectivity index (χ2v) is 8.00. The number of aromatic nitrogens is 1. The SMILES string of the molecule is Cc1onc(-c2ccc(Oc3ccc(CC(=O)O)cc3)cc2)c1NC(=O)O[C@H](C)c1ccccc1F. The Hall–Kier alpha value is -4.66. The van der Waals surface area contributed by atoms with Gasteiger partial charge in [-0.1, -0.05) is 35.5 Å². The average Bonchev–Trinajstić information content (AvgIpc) is 3.20. The van der Waals surface area contributed by atoms with E-state index in [0.29, 0.717) is 39.8 Å². The van der Waals surface area contributed by atoms with Crippen molar-refractivity contribution in [3.8, 4) is 22.8 Å². The predicted octanol–water partition coefficient (Wildman–Crippen LogP) is 6.52. The lowest BCUT2D eigenvalue weighted by Gasteiger charge is -2.15. The standard InChI is InChI=1S/C27H23FN2O6/c1-16(22-5-3-4-6-23(22)28)34-27(33)29-25-17(2)36-30-26(25)19-9-13-21(14-10-19)35-20-11-7-18(8-12-20)15-24(31)32/h3-14,16H,15H2,1-2H3,(H,29,33)(H,31,32)/t16-/m1/s1. The summed E-state index contributed by atoms with van der Waals surface area (Å²) in [7, 11) is 0. The molecule has 3 aromatic carbocycles. The second kappa shape index (κ2) is 10.7. The number of benzene rings is 3. The van der Waals surface area contributed by atoms with Crippen molar-refractivity contribution in [2.45, 2.75) is 26.4 Å². The normalized spacial score (nSPS) is 11.5. The zero-order valence-electron chi connectivity index (χ0n) is 19.5. The van der Waals surface area contributed by atoms with Gasteiger partial charge in [-0.3, -0.25) is 10.1 Å². The maximum atomic E-state index is 14.0. The van der Waals surface area contributed by atoms with Crippen molar-refractivity contribution in [2.75, 3.05) is 5.32 Å². The first-order chi connectivity index (χ1) is 17.3. The summed E-state index contributed by atoms with van der Waals surface area (Å²) in [4.78, 5) is 23.3. The highest BCUT2D eigenvalue weighted by molar-refractivity contribution is 5.91. The number of carboxylic acid groups (broad SMARTS) is 1. The summed E-state index contributed by atoms with van der Waals surface area (Å²) in [5.41, 5.74) is 2.33. The highest BCUT2D eigenvalue weighted by atomic mass is 19.1. The molecule has 0 fully saturated rings. The number of nitrogens with zero attached hydrogens (tertiary/aromatic N) is 1. The van der Waals surface area contributed by atoms with E-state index in [0.717, 1.165) is 0 Å². The van der Waals surface area contributed by atoms with Crippen LogP contribution in [0.4, 0.5) is 14.9 Å². The van der Waals surface area contributed by atoms with Crippen LogP contribution in [-0.4, -0.2) is 22.3 Å². The molecule has 9 heteroatoms. The van der Waals surface area contributed by atoms with Gasteiger partial charge >= 0.3 is 12.1 Å². The molecule has 36 heavy (non-hydrogen) atoms. The molecular formula is C27H23FN2O6. The van der Waals surface area contributed by atoms with Gasteiger partial charge in [0, 0.05) is 11.1 Å². The molecule has 0 spiro atoms. The van der Waals surface area contributed by atoms with Gasteiger partial charge in [0.25, 0.3) is 0 Å². The number of aliphatic carboxylic acids is 1. The van der Waals surface area contributed by atoms with Crippen LogP contribution in [-0.2, 0) is 16.0 Å². The molecule has 4 aromatic rings. The van der Waals surface area contributed by atoms with E-state index in [4.69, 9.17) is 19.1 Å². The summed E-state index contributed by atoms with van der Waals surface area (Å²) in [6.07, 6.45) is -1.63. The predicted molar refractivity (Wildman–Crippen MR) is 129 cm³/mol. The third-order valence-electron chi connectivity index (χ3n) is 5.36. The zero-order chi connectivity index (χ0) is 25.7. The highest BCUT2D eigenvalue weighted by Gasteiger charge is 2.21. The molecule has 1 atom stereocenters. The van der Waals surface area contributed by atoms with Crippen LogP contribution in [0.25, 0.3) is 11.3 Å². The van der Waals surface area contributed by atoms with E-state index in [2.05, 4.69) is 10.5 Å². The van der Waals surface area contributed by atoms with Crippen LogP contribution >= 0.6 is 0 Å². The highest BCUT2D eigenvalue weighted by Crippen LogP contribution is 2.32. The molecule has 8 nitrogen and oxygen atoms in total.